The molecule has 0 saturated heterocycles. The van der Waals surface area contributed by atoms with Gasteiger partial charge in [-0.3, -0.25) is 4.79 Å². The Morgan fingerprint density at radius 3 is 2.84 bits per heavy atom. The molecule has 1 N–H and O–H groups in total. The number of H-pyrrole nitrogens is 1. The van der Waals surface area contributed by atoms with Crippen molar-refractivity contribution in [3.05, 3.63) is 53.6 Å². The van der Waals surface area contributed by atoms with E-state index < -0.39 is 0 Å². The SMILES string of the molecule is COc1ccc2nc(SCC(=O)N(C)Cc3ccccc3C)[nH]c2c1. The number of aromatic nitrogens is 2. The average molecular weight is 355 g/mol. The molecule has 0 atom stereocenters. The van der Waals surface area contributed by atoms with E-state index in [1.807, 2.05) is 37.4 Å². The number of methoxy groups -OCH3 is 1. The molecular formula is C19H21N3O2S. The van der Waals surface area contributed by atoms with E-state index in [0.29, 0.717) is 12.3 Å². The van der Waals surface area contributed by atoms with Crippen molar-refractivity contribution in [2.75, 3.05) is 19.9 Å². The molecule has 0 saturated carbocycles. The van der Waals surface area contributed by atoms with Gasteiger partial charge in [-0.05, 0) is 30.2 Å². The first-order valence-electron chi connectivity index (χ1n) is 8.02. The lowest BCUT2D eigenvalue weighted by Gasteiger charge is -2.18. The molecule has 3 rings (SSSR count). The van der Waals surface area contributed by atoms with Gasteiger partial charge < -0.3 is 14.6 Å². The Bertz CT molecular complexity index is 891. The predicted molar refractivity (Wildman–Crippen MR) is 101 cm³/mol. The van der Waals surface area contributed by atoms with E-state index in [1.165, 1.54) is 22.9 Å². The zero-order valence-corrected chi connectivity index (χ0v) is 15.4. The molecule has 1 heterocycles. The molecule has 130 valence electrons. The molecule has 0 fully saturated rings. The van der Waals surface area contributed by atoms with Crippen molar-refractivity contribution in [2.24, 2.45) is 0 Å². The van der Waals surface area contributed by atoms with Gasteiger partial charge in [0.2, 0.25) is 5.91 Å². The lowest BCUT2D eigenvalue weighted by Crippen LogP contribution is -2.28. The summed E-state index contributed by atoms with van der Waals surface area (Å²) in [5.74, 6) is 1.20. The number of thioether (sulfide) groups is 1. The molecule has 0 unspecified atom stereocenters. The van der Waals surface area contributed by atoms with Gasteiger partial charge in [-0.1, -0.05) is 36.0 Å². The van der Waals surface area contributed by atoms with Crippen molar-refractivity contribution in [1.82, 2.24) is 14.9 Å². The minimum atomic E-state index is 0.0753. The number of carbonyl (C=O) groups excluding carboxylic acids is 1. The molecule has 0 aliphatic carbocycles. The van der Waals surface area contributed by atoms with Crippen molar-refractivity contribution in [3.8, 4) is 5.75 Å². The largest absolute Gasteiger partial charge is 0.497 e. The first-order valence-corrected chi connectivity index (χ1v) is 9.00. The molecule has 6 heteroatoms. The highest BCUT2D eigenvalue weighted by molar-refractivity contribution is 7.99. The van der Waals surface area contributed by atoms with E-state index in [2.05, 4.69) is 29.0 Å². The zero-order valence-electron chi connectivity index (χ0n) is 14.6. The van der Waals surface area contributed by atoms with Crippen LogP contribution in [0.5, 0.6) is 5.75 Å². The summed E-state index contributed by atoms with van der Waals surface area (Å²) in [6.45, 7) is 2.68. The molecule has 2 aromatic carbocycles. The van der Waals surface area contributed by atoms with Gasteiger partial charge in [-0.25, -0.2) is 4.98 Å². The molecule has 5 nitrogen and oxygen atoms in total. The first kappa shape index (κ1) is 17.4. The second-order valence-corrected chi connectivity index (χ2v) is 6.85. The van der Waals surface area contributed by atoms with E-state index in [9.17, 15) is 4.79 Å². The van der Waals surface area contributed by atoms with Crippen molar-refractivity contribution < 1.29 is 9.53 Å². The molecule has 0 aliphatic rings. The molecule has 0 radical (unpaired) electrons. The molecule has 0 bridgehead atoms. The van der Waals surface area contributed by atoms with Crippen LogP contribution in [0.3, 0.4) is 0 Å². The number of rotatable bonds is 6. The van der Waals surface area contributed by atoms with Gasteiger partial charge >= 0.3 is 0 Å². The normalized spacial score (nSPS) is 10.8. The van der Waals surface area contributed by atoms with Crippen molar-refractivity contribution in [2.45, 2.75) is 18.6 Å². The van der Waals surface area contributed by atoms with Crippen LogP contribution < -0.4 is 4.74 Å². The third-order valence-electron chi connectivity index (χ3n) is 4.09. The summed E-state index contributed by atoms with van der Waals surface area (Å²) in [6.07, 6.45) is 0. The van der Waals surface area contributed by atoms with E-state index in [4.69, 9.17) is 4.74 Å². The van der Waals surface area contributed by atoms with Crippen LogP contribution in [0.1, 0.15) is 11.1 Å². The minimum absolute atomic E-state index is 0.0753. The van der Waals surface area contributed by atoms with E-state index in [0.717, 1.165) is 21.9 Å². The van der Waals surface area contributed by atoms with E-state index >= 15 is 0 Å². The molecule has 1 amide bonds. The van der Waals surface area contributed by atoms with Crippen LogP contribution in [-0.2, 0) is 11.3 Å². The summed E-state index contributed by atoms with van der Waals surface area (Å²) in [5, 5.41) is 0.737. The summed E-state index contributed by atoms with van der Waals surface area (Å²) >= 11 is 1.41. The van der Waals surface area contributed by atoms with Crippen LogP contribution >= 0.6 is 11.8 Å². The number of aromatic amines is 1. The number of amides is 1. The lowest BCUT2D eigenvalue weighted by molar-refractivity contribution is -0.127. The number of nitrogens with one attached hydrogen (secondary N) is 1. The standard InChI is InChI=1S/C19H21N3O2S/c1-13-6-4-5-7-14(13)11-22(2)18(23)12-25-19-20-16-9-8-15(24-3)10-17(16)21-19/h4-10H,11-12H2,1-3H3,(H,20,21). The van der Waals surface area contributed by atoms with Gasteiger partial charge in [0.1, 0.15) is 5.75 Å². The van der Waals surface area contributed by atoms with Crippen LogP contribution in [0.4, 0.5) is 0 Å². The van der Waals surface area contributed by atoms with Gasteiger partial charge in [0, 0.05) is 19.7 Å². The fourth-order valence-electron chi connectivity index (χ4n) is 2.53. The Balaban J connectivity index is 1.61. The van der Waals surface area contributed by atoms with Gasteiger partial charge in [0.05, 0.1) is 23.9 Å². The van der Waals surface area contributed by atoms with Crippen LogP contribution in [0.15, 0.2) is 47.6 Å². The Labute approximate surface area is 151 Å². The molecule has 0 spiro atoms. The Kier molecular flexibility index (Phi) is 5.28. The monoisotopic (exact) mass is 355 g/mol. The highest BCUT2D eigenvalue weighted by Gasteiger charge is 2.12. The number of aryl methyl sites for hydroxylation is 1. The molecule has 0 aliphatic heterocycles. The molecule has 1 aromatic heterocycles. The van der Waals surface area contributed by atoms with E-state index in [1.54, 1.807) is 12.0 Å². The Morgan fingerprint density at radius 2 is 2.08 bits per heavy atom. The summed E-state index contributed by atoms with van der Waals surface area (Å²) in [5.41, 5.74) is 4.13. The summed E-state index contributed by atoms with van der Waals surface area (Å²) in [4.78, 5) is 21.9. The highest BCUT2D eigenvalue weighted by Crippen LogP contribution is 2.23. The Morgan fingerprint density at radius 1 is 1.28 bits per heavy atom. The maximum absolute atomic E-state index is 12.4. The maximum Gasteiger partial charge on any atom is 0.233 e. The third-order valence-corrected chi connectivity index (χ3v) is 4.95. The molecular weight excluding hydrogens is 334 g/mol. The Hall–Kier alpha value is -2.47. The second kappa shape index (κ2) is 7.61. The lowest BCUT2D eigenvalue weighted by atomic mass is 10.1. The average Bonchev–Trinajstić information content (AvgIpc) is 3.03. The number of carbonyl (C=O) groups is 1. The van der Waals surface area contributed by atoms with Crippen molar-refractivity contribution in [1.29, 1.82) is 0 Å². The summed E-state index contributed by atoms with van der Waals surface area (Å²) in [6, 6.07) is 13.8. The van der Waals surface area contributed by atoms with Gasteiger partial charge in [-0.15, -0.1) is 0 Å². The van der Waals surface area contributed by atoms with Crippen LogP contribution in [-0.4, -0.2) is 40.7 Å². The number of hydrogen-bond acceptors (Lipinski definition) is 4. The predicted octanol–water partition coefficient (Wildman–Crippen LogP) is 3.63. The highest BCUT2D eigenvalue weighted by atomic mass is 32.2. The number of fused-ring (bicyclic) bond motifs is 1. The van der Waals surface area contributed by atoms with Crippen molar-refractivity contribution >= 4 is 28.7 Å². The van der Waals surface area contributed by atoms with Gasteiger partial charge in [0.15, 0.2) is 5.16 Å². The number of hydrogen-bond donors (Lipinski definition) is 1. The molecule has 3 aromatic rings. The number of nitrogens with zero attached hydrogens (tertiary/aromatic N) is 2. The topological polar surface area (TPSA) is 58.2 Å². The van der Waals surface area contributed by atoms with Crippen LogP contribution in [0, 0.1) is 6.92 Å². The van der Waals surface area contributed by atoms with E-state index in [-0.39, 0.29) is 5.91 Å². The number of imidazole rings is 1. The van der Waals surface area contributed by atoms with Gasteiger partial charge in [0.25, 0.3) is 0 Å². The van der Waals surface area contributed by atoms with Crippen LogP contribution in [0.25, 0.3) is 11.0 Å². The fraction of sp³-hybridized carbons (Fsp3) is 0.263. The quantitative estimate of drug-likeness (QED) is 0.686. The van der Waals surface area contributed by atoms with Gasteiger partial charge in [-0.2, -0.15) is 0 Å². The molecule has 25 heavy (non-hydrogen) atoms. The third kappa shape index (κ3) is 4.14. The fourth-order valence-corrected chi connectivity index (χ4v) is 3.36. The number of benzene rings is 2. The minimum Gasteiger partial charge on any atom is -0.497 e. The maximum atomic E-state index is 12.4. The number of ether oxygens (including phenoxy) is 1. The zero-order chi connectivity index (χ0) is 17.8. The summed E-state index contributed by atoms with van der Waals surface area (Å²) < 4.78 is 5.21. The first-order chi connectivity index (χ1) is 12.1. The van der Waals surface area contributed by atoms with Crippen molar-refractivity contribution in [3.63, 3.8) is 0 Å². The second-order valence-electron chi connectivity index (χ2n) is 5.89. The smallest absolute Gasteiger partial charge is 0.233 e. The van der Waals surface area contributed by atoms with Crippen LogP contribution in [0.2, 0.25) is 0 Å². The summed E-state index contributed by atoms with van der Waals surface area (Å²) in [7, 11) is 3.47.